The Kier molecular flexibility index (Phi) is 0.910. The first-order chi connectivity index (χ1) is 3.43. The van der Waals surface area contributed by atoms with E-state index in [-0.39, 0.29) is 0 Å². The summed E-state index contributed by atoms with van der Waals surface area (Å²) in [6.45, 7) is 7.16. The molecule has 0 bridgehead atoms. The van der Waals surface area contributed by atoms with E-state index in [1.165, 1.54) is 0 Å². The molecule has 0 aromatic heterocycles. The summed E-state index contributed by atoms with van der Waals surface area (Å²) in [7, 11) is 0. The Morgan fingerprint density at radius 1 is 1.86 bits per heavy atom. The van der Waals surface area contributed by atoms with Crippen molar-refractivity contribution < 1.29 is 0 Å². The predicted molar refractivity (Wildman–Crippen MR) is 28.0 cm³/mol. The molecule has 0 amide bonds. The van der Waals surface area contributed by atoms with E-state index in [1.807, 2.05) is 0 Å². The second kappa shape index (κ2) is 1.57. The maximum absolute atomic E-state index is 6.47. The summed E-state index contributed by atoms with van der Waals surface area (Å²) in [5, 5.41) is 0. The maximum Gasteiger partial charge on any atom is 0.202 e. The Hall–Kier alpha value is -1.10. The number of hydrogen-bond acceptors (Lipinski definition) is 1. The Morgan fingerprint density at radius 3 is 3.00 bits per heavy atom. The lowest BCUT2D eigenvalue weighted by atomic mass is 10.5. The van der Waals surface area contributed by atoms with Crippen molar-refractivity contribution in [3.8, 4) is 0 Å². The summed E-state index contributed by atoms with van der Waals surface area (Å²) in [5.41, 5.74) is 0.667. The summed E-state index contributed by atoms with van der Waals surface area (Å²) in [4.78, 5) is 6.95. The zero-order valence-corrected chi connectivity index (χ0v) is 3.76. The van der Waals surface area contributed by atoms with Crippen LogP contribution in [0.2, 0.25) is 0 Å². The maximum atomic E-state index is 6.47. The first-order valence-electron chi connectivity index (χ1n) is 2.01. The van der Waals surface area contributed by atoms with Gasteiger partial charge in [-0.3, -0.25) is 0 Å². The van der Waals surface area contributed by atoms with Gasteiger partial charge in [0.15, 0.2) is 0 Å². The lowest BCUT2D eigenvalue weighted by Crippen LogP contribution is -1.63. The third-order valence-electron chi connectivity index (χ3n) is 0.758. The normalized spacial score (nSPS) is 16.1. The van der Waals surface area contributed by atoms with Crippen LogP contribution in [0, 0.1) is 6.57 Å². The first-order valence-corrected chi connectivity index (χ1v) is 2.01. The average molecular weight is 92.1 g/mol. The van der Waals surface area contributed by atoms with Crippen LogP contribution in [-0.4, -0.2) is 12.8 Å². The molecule has 1 aliphatic heterocycles. The fraction of sp³-hybridized carbons (Fsp3) is 0.200. The molecule has 0 aromatic carbocycles. The van der Waals surface area contributed by atoms with Crippen molar-refractivity contribution in [3.63, 3.8) is 0 Å². The molecule has 0 fully saturated rings. The van der Waals surface area contributed by atoms with Crippen molar-refractivity contribution in [1.82, 2.24) is 0 Å². The van der Waals surface area contributed by atoms with E-state index in [9.17, 15) is 0 Å². The van der Waals surface area contributed by atoms with Gasteiger partial charge in [0.05, 0.1) is 6.57 Å². The van der Waals surface area contributed by atoms with E-state index < -0.39 is 0 Å². The molecule has 0 unspecified atom stereocenters. The van der Waals surface area contributed by atoms with Gasteiger partial charge in [-0.05, 0) is 0 Å². The molecule has 0 N–H and O–H groups in total. The van der Waals surface area contributed by atoms with Gasteiger partial charge in [0.2, 0.25) is 5.70 Å². The lowest BCUT2D eigenvalue weighted by Gasteiger charge is -1.67. The Labute approximate surface area is 42.0 Å². The van der Waals surface area contributed by atoms with Crippen LogP contribution >= 0.6 is 0 Å². The second-order valence-corrected chi connectivity index (χ2v) is 1.24. The molecular formula is C5H4N2. The third-order valence-corrected chi connectivity index (χ3v) is 0.758. The summed E-state index contributed by atoms with van der Waals surface area (Å²) >= 11 is 0. The van der Waals surface area contributed by atoms with E-state index >= 15 is 0 Å². The first kappa shape index (κ1) is 4.07. The van der Waals surface area contributed by atoms with Crippen molar-refractivity contribution in [3.05, 3.63) is 23.2 Å². The summed E-state index contributed by atoms with van der Waals surface area (Å²) in [6.07, 6.45) is 3.39. The van der Waals surface area contributed by atoms with Crippen molar-refractivity contribution in [1.29, 1.82) is 0 Å². The molecule has 0 saturated heterocycles. The largest absolute Gasteiger partial charge is 0.302 e. The lowest BCUT2D eigenvalue weighted by molar-refractivity contribution is 1.29. The molecule has 1 aliphatic rings. The molecule has 7 heavy (non-hydrogen) atoms. The zero-order valence-electron chi connectivity index (χ0n) is 3.76. The molecule has 1 rings (SSSR count). The van der Waals surface area contributed by atoms with Crippen LogP contribution in [0.5, 0.6) is 0 Å². The van der Waals surface area contributed by atoms with E-state index in [0.717, 1.165) is 0 Å². The Balaban J connectivity index is 2.75. The molecule has 1 heterocycles. The molecule has 0 aromatic rings. The smallest absolute Gasteiger partial charge is 0.202 e. The summed E-state index contributed by atoms with van der Waals surface area (Å²) < 4.78 is 0. The minimum atomic E-state index is 0.667. The minimum Gasteiger partial charge on any atom is -0.302 e. The fourth-order valence-corrected chi connectivity index (χ4v) is 0.420. The van der Waals surface area contributed by atoms with Crippen molar-refractivity contribution in [2.24, 2.45) is 4.99 Å². The molecule has 0 radical (unpaired) electrons. The summed E-state index contributed by atoms with van der Waals surface area (Å²) in [6, 6.07) is 0. The Morgan fingerprint density at radius 2 is 2.71 bits per heavy atom. The van der Waals surface area contributed by atoms with Crippen LogP contribution in [0.1, 0.15) is 0 Å². The number of rotatable bonds is 0. The fourth-order valence-electron chi connectivity index (χ4n) is 0.420. The van der Waals surface area contributed by atoms with Crippen LogP contribution in [0.15, 0.2) is 16.8 Å². The molecule has 2 heteroatoms. The molecule has 0 saturated carbocycles. The molecule has 2 nitrogen and oxygen atoms in total. The van der Waals surface area contributed by atoms with Gasteiger partial charge < -0.3 is 4.99 Å². The van der Waals surface area contributed by atoms with Gasteiger partial charge in [-0.2, -0.15) is 0 Å². The number of allylic oxidation sites excluding steroid dienone is 1. The quantitative estimate of drug-likeness (QED) is 0.394. The van der Waals surface area contributed by atoms with Crippen molar-refractivity contribution in [2.45, 2.75) is 0 Å². The number of nitrogens with zero attached hydrogens (tertiary/aromatic N) is 2. The monoisotopic (exact) mass is 92.0 g/mol. The van der Waals surface area contributed by atoms with Crippen LogP contribution < -0.4 is 0 Å². The van der Waals surface area contributed by atoms with E-state index in [0.29, 0.717) is 12.2 Å². The number of hydrogen-bond donors (Lipinski definition) is 0. The van der Waals surface area contributed by atoms with Crippen LogP contribution in [0.25, 0.3) is 4.85 Å². The van der Waals surface area contributed by atoms with Gasteiger partial charge in [0.1, 0.15) is 0 Å². The standard InChI is InChI=1S/C5H4N2/c1-6-5-2-3-7-4-5/h2,4H,3H2. The third kappa shape index (κ3) is 0.660. The Bertz CT molecular complexity index is 159. The van der Waals surface area contributed by atoms with Gasteiger partial charge in [-0.25, -0.2) is 4.85 Å². The van der Waals surface area contributed by atoms with Gasteiger partial charge >= 0.3 is 0 Å². The predicted octanol–water partition coefficient (Wildman–Crippen LogP) is 0.874. The topological polar surface area (TPSA) is 16.7 Å². The van der Waals surface area contributed by atoms with Crippen LogP contribution in [-0.2, 0) is 0 Å². The summed E-state index contributed by atoms with van der Waals surface area (Å²) in [5.74, 6) is 0. The van der Waals surface area contributed by atoms with E-state index in [1.54, 1.807) is 12.3 Å². The van der Waals surface area contributed by atoms with Gasteiger partial charge in [-0.15, -0.1) is 0 Å². The second-order valence-electron chi connectivity index (χ2n) is 1.24. The number of aliphatic imine (C=N–C) groups is 1. The van der Waals surface area contributed by atoms with Gasteiger partial charge in [0.25, 0.3) is 0 Å². The molecule has 34 valence electrons. The minimum absolute atomic E-state index is 0.667. The highest BCUT2D eigenvalue weighted by molar-refractivity contribution is 5.82. The highest BCUT2D eigenvalue weighted by Gasteiger charge is 1.92. The van der Waals surface area contributed by atoms with Crippen LogP contribution in [0.3, 0.4) is 0 Å². The molecule has 0 spiro atoms. The van der Waals surface area contributed by atoms with E-state index in [4.69, 9.17) is 6.57 Å². The highest BCUT2D eigenvalue weighted by atomic mass is 14.8. The average Bonchev–Trinajstić information content (AvgIpc) is 2.14. The highest BCUT2D eigenvalue weighted by Crippen LogP contribution is 1.97. The van der Waals surface area contributed by atoms with E-state index in [2.05, 4.69) is 9.84 Å². The van der Waals surface area contributed by atoms with Crippen molar-refractivity contribution >= 4 is 6.21 Å². The van der Waals surface area contributed by atoms with Crippen LogP contribution in [0.4, 0.5) is 0 Å². The molecule has 0 aliphatic carbocycles. The molecular weight excluding hydrogens is 88.1 g/mol. The molecule has 0 atom stereocenters. The zero-order chi connectivity index (χ0) is 5.11. The van der Waals surface area contributed by atoms with Crippen molar-refractivity contribution in [2.75, 3.05) is 6.54 Å². The van der Waals surface area contributed by atoms with Gasteiger partial charge in [-0.1, -0.05) is 6.08 Å². The van der Waals surface area contributed by atoms with Gasteiger partial charge in [0, 0.05) is 12.8 Å². The SMILES string of the molecule is [C-]#[N+]C1=CCN=C1.